The zero-order valence-corrected chi connectivity index (χ0v) is 11.4. The number of nitrogens with zero attached hydrogens (tertiary/aromatic N) is 3. The van der Waals surface area contributed by atoms with Gasteiger partial charge in [0.1, 0.15) is 18.2 Å². The number of aliphatic imine (C=N–C) groups is 2. The standard InChI is InChI=1S/C16H17N3O/c20-14-10-19-15(11-6-2-1-3-7-11)17-13-9-5-4-8-12(13)16(19)18-14/h4-5,8-9,11H,1-3,6-7,10H2. The Hall–Kier alpha value is -1.97. The summed E-state index contributed by atoms with van der Waals surface area (Å²) >= 11 is 0. The van der Waals surface area contributed by atoms with Gasteiger partial charge in [-0.05, 0) is 25.0 Å². The highest BCUT2D eigenvalue weighted by Crippen LogP contribution is 2.34. The number of para-hydroxylation sites is 1. The zero-order valence-electron chi connectivity index (χ0n) is 11.4. The van der Waals surface area contributed by atoms with Crippen molar-refractivity contribution in [3.8, 4) is 0 Å². The quantitative estimate of drug-likeness (QED) is 0.785. The maximum absolute atomic E-state index is 11.8. The summed E-state index contributed by atoms with van der Waals surface area (Å²) in [6.07, 6.45) is 6.21. The van der Waals surface area contributed by atoms with Crippen LogP contribution in [0.4, 0.5) is 5.69 Å². The molecule has 20 heavy (non-hydrogen) atoms. The maximum Gasteiger partial charge on any atom is 0.267 e. The predicted octanol–water partition coefficient (Wildman–Crippen LogP) is 2.90. The lowest BCUT2D eigenvalue weighted by Gasteiger charge is -2.33. The van der Waals surface area contributed by atoms with Crippen LogP contribution < -0.4 is 0 Å². The Morgan fingerprint density at radius 3 is 2.70 bits per heavy atom. The summed E-state index contributed by atoms with van der Waals surface area (Å²) in [5, 5.41) is 0. The highest BCUT2D eigenvalue weighted by Gasteiger charge is 2.36. The van der Waals surface area contributed by atoms with Gasteiger partial charge in [0.15, 0.2) is 0 Å². The summed E-state index contributed by atoms with van der Waals surface area (Å²) in [6, 6.07) is 7.99. The van der Waals surface area contributed by atoms with Crippen LogP contribution in [0.1, 0.15) is 37.7 Å². The normalized spacial score (nSPS) is 22.2. The van der Waals surface area contributed by atoms with Crippen molar-refractivity contribution in [1.82, 2.24) is 4.90 Å². The fraction of sp³-hybridized carbons (Fsp3) is 0.438. The first-order valence-electron chi connectivity index (χ1n) is 7.40. The molecule has 2 aliphatic heterocycles. The third-order valence-corrected chi connectivity index (χ3v) is 4.41. The van der Waals surface area contributed by atoms with E-state index in [4.69, 9.17) is 4.99 Å². The van der Waals surface area contributed by atoms with Crippen LogP contribution in [0.15, 0.2) is 34.3 Å². The van der Waals surface area contributed by atoms with E-state index >= 15 is 0 Å². The van der Waals surface area contributed by atoms with Gasteiger partial charge in [-0.2, -0.15) is 4.99 Å². The number of amidine groups is 2. The number of amides is 1. The Morgan fingerprint density at radius 2 is 1.85 bits per heavy atom. The average Bonchev–Trinajstić information content (AvgIpc) is 2.89. The zero-order chi connectivity index (χ0) is 13.5. The lowest BCUT2D eigenvalue weighted by atomic mass is 9.87. The van der Waals surface area contributed by atoms with Gasteiger partial charge in [0.05, 0.1) is 5.69 Å². The van der Waals surface area contributed by atoms with E-state index in [1.54, 1.807) is 0 Å². The molecule has 0 aromatic heterocycles. The van der Waals surface area contributed by atoms with Crippen molar-refractivity contribution < 1.29 is 4.79 Å². The van der Waals surface area contributed by atoms with Gasteiger partial charge in [0, 0.05) is 11.5 Å². The van der Waals surface area contributed by atoms with E-state index in [1.807, 2.05) is 29.2 Å². The lowest BCUT2D eigenvalue weighted by Crippen LogP contribution is -2.42. The Balaban J connectivity index is 1.81. The fourth-order valence-corrected chi connectivity index (χ4v) is 3.44. The van der Waals surface area contributed by atoms with Gasteiger partial charge in [-0.3, -0.25) is 4.79 Å². The molecule has 0 N–H and O–H groups in total. The minimum absolute atomic E-state index is 0.0554. The minimum Gasteiger partial charge on any atom is -0.304 e. The van der Waals surface area contributed by atoms with Crippen molar-refractivity contribution in [2.45, 2.75) is 32.1 Å². The van der Waals surface area contributed by atoms with Crippen LogP contribution in [0.2, 0.25) is 0 Å². The number of hydrogen-bond donors (Lipinski definition) is 0. The van der Waals surface area contributed by atoms with Gasteiger partial charge in [-0.25, -0.2) is 4.99 Å². The Kier molecular flexibility index (Phi) is 2.69. The summed E-state index contributed by atoms with van der Waals surface area (Å²) < 4.78 is 0. The first-order valence-corrected chi connectivity index (χ1v) is 7.40. The number of fused-ring (bicyclic) bond motifs is 3. The molecule has 0 radical (unpaired) electrons. The van der Waals surface area contributed by atoms with E-state index in [-0.39, 0.29) is 5.91 Å². The second-order valence-corrected chi connectivity index (χ2v) is 5.74. The summed E-state index contributed by atoms with van der Waals surface area (Å²) in [6.45, 7) is 0.360. The smallest absolute Gasteiger partial charge is 0.267 e. The van der Waals surface area contributed by atoms with Gasteiger partial charge < -0.3 is 4.90 Å². The molecular formula is C16H17N3O. The first-order chi connectivity index (χ1) is 9.83. The number of carbonyl (C=O) groups is 1. The summed E-state index contributed by atoms with van der Waals surface area (Å²) in [7, 11) is 0. The molecule has 4 heteroatoms. The summed E-state index contributed by atoms with van der Waals surface area (Å²) in [4.78, 5) is 22.9. The second kappa shape index (κ2) is 4.54. The van der Waals surface area contributed by atoms with Crippen LogP contribution in [-0.2, 0) is 4.79 Å². The molecule has 3 aliphatic rings. The fourth-order valence-electron chi connectivity index (χ4n) is 3.44. The molecule has 0 atom stereocenters. The van der Waals surface area contributed by atoms with E-state index in [2.05, 4.69) is 4.99 Å². The van der Waals surface area contributed by atoms with E-state index in [9.17, 15) is 4.79 Å². The summed E-state index contributed by atoms with van der Waals surface area (Å²) in [5.41, 5.74) is 1.94. The highest BCUT2D eigenvalue weighted by atomic mass is 16.2. The van der Waals surface area contributed by atoms with Crippen LogP contribution >= 0.6 is 0 Å². The third-order valence-electron chi connectivity index (χ3n) is 4.41. The van der Waals surface area contributed by atoms with Gasteiger partial charge in [0.2, 0.25) is 0 Å². The monoisotopic (exact) mass is 267 g/mol. The van der Waals surface area contributed by atoms with E-state index in [0.717, 1.165) is 22.9 Å². The van der Waals surface area contributed by atoms with Gasteiger partial charge >= 0.3 is 0 Å². The Bertz CT molecular complexity index is 626. The lowest BCUT2D eigenvalue weighted by molar-refractivity contribution is -0.116. The van der Waals surface area contributed by atoms with Crippen LogP contribution in [0.25, 0.3) is 0 Å². The number of benzene rings is 1. The van der Waals surface area contributed by atoms with Crippen LogP contribution in [-0.4, -0.2) is 29.0 Å². The van der Waals surface area contributed by atoms with E-state index < -0.39 is 0 Å². The van der Waals surface area contributed by atoms with Crippen LogP contribution in [0, 0.1) is 5.92 Å². The van der Waals surface area contributed by atoms with Gasteiger partial charge in [-0.1, -0.05) is 31.4 Å². The largest absolute Gasteiger partial charge is 0.304 e. The Morgan fingerprint density at radius 1 is 1.05 bits per heavy atom. The summed E-state index contributed by atoms with van der Waals surface area (Å²) in [5.74, 6) is 2.29. The molecule has 0 spiro atoms. The molecule has 1 amide bonds. The average molecular weight is 267 g/mol. The molecule has 1 aromatic rings. The molecule has 1 aromatic carbocycles. The molecule has 4 rings (SSSR count). The molecule has 0 saturated heterocycles. The topological polar surface area (TPSA) is 45.0 Å². The Labute approximate surface area is 118 Å². The second-order valence-electron chi connectivity index (χ2n) is 5.74. The SMILES string of the molecule is O=C1CN2C(=N1)c1ccccc1N=C2C1CCCCC1. The maximum atomic E-state index is 11.8. The van der Waals surface area contributed by atoms with Gasteiger partial charge in [0.25, 0.3) is 5.91 Å². The van der Waals surface area contributed by atoms with Crippen molar-refractivity contribution in [1.29, 1.82) is 0 Å². The van der Waals surface area contributed by atoms with Crippen LogP contribution in [0.5, 0.6) is 0 Å². The minimum atomic E-state index is -0.0554. The predicted molar refractivity (Wildman–Crippen MR) is 78.4 cm³/mol. The van der Waals surface area contributed by atoms with Crippen molar-refractivity contribution >= 4 is 23.3 Å². The van der Waals surface area contributed by atoms with E-state index in [0.29, 0.717) is 12.5 Å². The molecule has 1 fully saturated rings. The molecule has 0 unspecified atom stereocenters. The van der Waals surface area contributed by atoms with Crippen molar-refractivity contribution in [3.05, 3.63) is 29.8 Å². The molecule has 102 valence electrons. The van der Waals surface area contributed by atoms with Gasteiger partial charge in [-0.15, -0.1) is 0 Å². The van der Waals surface area contributed by atoms with Crippen LogP contribution in [0.3, 0.4) is 0 Å². The molecule has 2 heterocycles. The molecule has 1 saturated carbocycles. The van der Waals surface area contributed by atoms with Crippen molar-refractivity contribution in [2.75, 3.05) is 6.54 Å². The number of rotatable bonds is 1. The number of carbonyl (C=O) groups excluding carboxylic acids is 1. The van der Waals surface area contributed by atoms with E-state index in [1.165, 1.54) is 32.1 Å². The third kappa shape index (κ3) is 1.79. The van der Waals surface area contributed by atoms with Crippen molar-refractivity contribution in [2.24, 2.45) is 15.9 Å². The molecule has 4 nitrogen and oxygen atoms in total. The highest BCUT2D eigenvalue weighted by molar-refractivity contribution is 6.22. The van der Waals surface area contributed by atoms with Crippen molar-refractivity contribution in [3.63, 3.8) is 0 Å². The molecule has 1 aliphatic carbocycles. The first kappa shape index (κ1) is 11.8. The number of hydrogen-bond acceptors (Lipinski definition) is 3. The molecule has 0 bridgehead atoms. The molecular weight excluding hydrogens is 250 g/mol.